The second kappa shape index (κ2) is 8.29. The molecule has 2 aliphatic rings. The zero-order valence-corrected chi connectivity index (χ0v) is 17.5. The fraction of sp³-hybridized carbons (Fsp3) is 0.579. The number of carbonyl (C=O) groups excluding carboxylic acids is 2. The van der Waals surface area contributed by atoms with Crippen LogP contribution in [0.5, 0.6) is 5.75 Å². The van der Waals surface area contributed by atoms with Gasteiger partial charge in [-0.3, -0.25) is 9.59 Å². The van der Waals surface area contributed by atoms with Gasteiger partial charge in [0.25, 0.3) is 5.91 Å². The van der Waals surface area contributed by atoms with Gasteiger partial charge in [-0.2, -0.15) is 0 Å². The molecule has 0 spiro atoms. The number of anilines is 1. The van der Waals surface area contributed by atoms with E-state index in [9.17, 15) is 18.0 Å². The van der Waals surface area contributed by atoms with Gasteiger partial charge in [-0.05, 0) is 24.3 Å². The number of benzene rings is 1. The average Bonchev–Trinajstić information content (AvgIpc) is 2.63. The number of carbonyl (C=O) groups is 2. The van der Waals surface area contributed by atoms with Gasteiger partial charge >= 0.3 is 0 Å². The second-order valence-electron chi connectivity index (χ2n) is 7.63. The third-order valence-corrected chi connectivity index (χ3v) is 7.83. The molecule has 3 unspecified atom stereocenters. The summed E-state index contributed by atoms with van der Waals surface area (Å²) in [7, 11) is -3.78. The molecule has 0 aromatic heterocycles. The summed E-state index contributed by atoms with van der Waals surface area (Å²) in [6, 6.07) is 2.74. The predicted octanol–water partition coefficient (Wildman–Crippen LogP) is 2.78. The van der Waals surface area contributed by atoms with Crippen LogP contribution >= 0.6 is 11.6 Å². The normalized spacial score (nSPS) is 24.7. The SMILES string of the molecule is CC1CCCC(NC(=O)CCS(=O)(=O)c2cc3c(cc2Cl)NC(=O)CO3)C1C. The van der Waals surface area contributed by atoms with Gasteiger partial charge in [-0.15, -0.1) is 0 Å². The van der Waals surface area contributed by atoms with Crippen LogP contribution in [0.2, 0.25) is 5.02 Å². The summed E-state index contributed by atoms with van der Waals surface area (Å²) in [5, 5.41) is 5.55. The summed E-state index contributed by atoms with van der Waals surface area (Å²) < 4.78 is 30.7. The van der Waals surface area contributed by atoms with Crippen molar-refractivity contribution in [1.29, 1.82) is 0 Å². The summed E-state index contributed by atoms with van der Waals surface area (Å²) >= 11 is 6.11. The molecule has 1 aliphatic heterocycles. The van der Waals surface area contributed by atoms with E-state index in [-0.39, 0.29) is 52.3 Å². The maximum Gasteiger partial charge on any atom is 0.262 e. The van der Waals surface area contributed by atoms with E-state index in [4.69, 9.17) is 16.3 Å². The summed E-state index contributed by atoms with van der Waals surface area (Å²) in [5.74, 6) is 0.209. The first-order valence-corrected chi connectivity index (χ1v) is 11.5. The van der Waals surface area contributed by atoms with E-state index in [0.717, 1.165) is 19.3 Å². The molecule has 3 atom stereocenters. The Morgan fingerprint density at radius 2 is 2.07 bits per heavy atom. The van der Waals surface area contributed by atoms with Crippen molar-refractivity contribution in [2.75, 3.05) is 17.7 Å². The largest absolute Gasteiger partial charge is 0.482 e. The minimum absolute atomic E-state index is 0.0142. The third kappa shape index (κ3) is 4.60. The molecular formula is C19H25ClN2O5S. The zero-order valence-electron chi connectivity index (χ0n) is 16.0. The molecule has 9 heteroatoms. The number of amides is 2. The van der Waals surface area contributed by atoms with Crippen LogP contribution in [0, 0.1) is 11.8 Å². The molecule has 1 aromatic carbocycles. The minimum atomic E-state index is -3.78. The van der Waals surface area contributed by atoms with Crippen LogP contribution in [-0.4, -0.2) is 38.6 Å². The molecule has 1 saturated carbocycles. The zero-order chi connectivity index (χ0) is 20.5. The van der Waals surface area contributed by atoms with E-state index >= 15 is 0 Å². The van der Waals surface area contributed by atoms with Crippen LogP contribution in [0.4, 0.5) is 5.69 Å². The fourth-order valence-electron chi connectivity index (χ4n) is 3.72. The van der Waals surface area contributed by atoms with Crippen LogP contribution in [0.15, 0.2) is 17.0 Å². The maximum absolute atomic E-state index is 12.7. The minimum Gasteiger partial charge on any atom is -0.482 e. The molecule has 1 fully saturated rings. The van der Waals surface area contributed by atoms with Crippen LogP contribution in [0.1, 0.15) is 39.5 Å². The van der Waals surface area contributed by atoms with Crippen LogP contribution in [0.3, 0.4) is 0 Å². The molecule has 154 valence electrons. The first-order valence-electron chi connectivity index (χ1n) is 9.45. The lowest BCUT2D eigenvalue weighted by Gasteiger charge is -2.34. The molecule has 2 N–H and O–H groups in total. The molecule has 2 amide bonds. The third-order valence-electron chi connectivity index (χ3n) is 5.65. The quantitative estimate of drug-likeness (QED) is 0.750. The first kappa shape index (κ1) is 20.9. The van der Waals surface area contributed by atoms with Gasteiger partial charge in [0.05, 0.1) is 21.4 Å². The van der Waals surface area contributed by atoms with E-state index in [2.05, 4.69) is 24.5 Å². The molecule has 3 rings (SSSR count). The molecule has 7 nitrogen and oxygen atoms in total. The van der Waals surface area contributed by atoms with Crippen molar-refractivity contribution >= 4 is 38.9 Å². The lowest BCUT2D eigenvalue weighted by atomic mass is 9.78. The Morgan fingerprint density at radius 1 is 1.32 bits per heavy atom. The Bertz CT molecular complexity index is 887. The number of sulfone groups is 1. The molecule has 28 heavy (non-hydrogen) atoms. The summed E-state index contributed by atoms with van der Waals surface area (Å²) in [6.45, 7) is 4.11. The van der Waals surface area contributed by atoms with Crippen molar-refractivity contribution in [2.24, 2.45) is 11.8 Å². The molecule has 1 heterocycles. The van der Waals surface area contributed by atoms with E-state index in [1.807, 2.05) is 0 Å². The van der Waals surface area contributed by atoms with Crippen LogP contribution in [-0.2, 0) is 19.4 Å². The highest BCUT2D eigenvalue weighted by atomic mass is 35.5. The molecule has 0 bridgehead atoms. The number of hydrogen-bond acceptors (Lipinski definition) is 5. The molecule has 0 saturated heterocycles. The predicted molar refractivity (Wildman–Crippen MR) is 106 cm³/mol. The molecule has 1 aliphatic carbocycles. The Labute approximate surface area is 170 Å². The van der Waals surface area contributed by atoms with E-state index < -0.39 is 9.84 Å². The lowest BCUT2D eigenvalue weighted by Crippen LogP contribution is -2.44. The van der Waals surface area contributed by atoms with Crippen molar-refractivity contribution in [3.63, 3.8) is 0 Å². The number of fused-ring (bicyclic) bond motifs is 1. The number of halogens is 1. The topological polar surface area (TPSA) is 102 Å². The Balaban J connectivity index is 1.65. The smallest absolute Gasteiger partial charge is 0.262 e. The van der Waals surface area contributed by atoms with Gasteiger partial charge in [-0.25, -0.2) is 8.42 Å². The summed E-state index contributed by atoms with van der Waals surface area (Å²) in [6.07, 6.45) is 3.01. The molecule has 1 aromatic rings. The molecule has 0 radical (unpaired) electrons. The summed E-state index contributed by atoms with van der Waals surface area (Å²) in [5.41, 5.74) is 0.332. The molecular weight excluding hydrogens is 404 g/mol. The van der Waals surface area contributed by atoms with Crippen molar-refractivity contribution in [1.82, 2.24) is 5.32 Å². The average molecular weight is 429 g/mol. The van der Waals surface area contributed by atoms with Crippen LogP contribution in [0.25, 0.3) is 0 Å². The number of rotatable bonds is 5. The van der Waals surface area contributed by atoms with Crippen molar-refractivity contribution in [2.45, 2.75) is 50.5 Å². The Kier molecular flexibility index (Phi) is 6.19. The van der Waals surface area contributed by atoms with E-state index in [1.54, 1.807) is 0 Å². The Hall–Kier alpha value is -1.80. The second-order valence-corrected chi connectivity index (χ2v) is 10.1. The van der Waals surface area contributed by atoms with Crippen molar-refractivity contribution in [3.8, 4) is 5.75 Å². The maximum atomic E-state index is 12.7. The van der Waals surface area contributed by atoms with Gasteiger partial charge in [0.1, 0.15) is 5.75 Å². The number of ether oxygens (including phenoxy) is 1. The standard InChI is InChI=1S/C19H25ClN2O5S/c1-11-4-3-5-14(12(11)2)21-18(23)6-7-28(25,26)17-9-16-15(8-13(17)20)22-19(24)10-27-16/h8-9,11-12,14H,3-7,10H2,1-2H3,(H,21,23)(H,22,24). The van der Waals surface area contributed by atoms with Crippen LogP contribution < -0.4 is 15.4 Å². The highest BCUT2D eigenvalue weighted by Crippen LogP contribution is 2.36. The number of nitrogens with one attached hydrogen (secondary N) is 2. The number of hydrogen-bond donors (Lipinski definition) is 2. The first-order chi connectivity index (χ1) is 13.2. The van der Waals surface area contributed by atoms with Gasteiger partial charge in [0.2, 0.25) is 5.91 Å². The lowest BCUT2D eigenvalue weighted by molar-refractivity contribution is -0.122. The van der Waals surface area contributed by atoms with E-state index in [0.29, 0.717) is 17.5 Å². The monoisotopic (exact) mass is 428 g/mol. The summed E-state index contributed by atoms with van der Waals surface area (Å²) in [4.78, 5) is 23.6. The van der Waals surface area contributed by atoms with Gasteiger partial charge in [0, 0.05) is 18.5 Å². The van der Waals surface area contributed by atoms with Gasteiger partial charge in [0.15, 0.2) is 16.4 Å². The van der Waals surface area contributed by atoms with Crippen molar-refractivity contribution in [3.05, 3.63) is 17.2 Å². The van der Waals surface area contributed by atoms with Crippen molar-refractivity contribution < 1.29 is 22.7 Å². The van der Waals surface area contributed by atoms with E-state index in [1.165, 1.54) is 12.1 Å². The van der Waals surface area contributed by atoms with Gasteiger partial charge < -0.3 is 15.4 Å². The highest BCUT2D eigenvalue weighted by molar-refractivity contribution is 7.91. The Morgan fingerprint density at radius 3 is 2.82 bits per heavy atom. The highest BCUT2D eigenvalue weighted by Gasteiger charge is 2.29. The van der Waals surface area contributed by atoms with Gasteiger partial charge in [-0.1, -0.05) is 38.3 Å². The fourth-order valence-corrected chi connectivity index (χ4v) is 5.55.